The molecular formula is C20H18N4O3. The van der Waals surface area contributed by atoms with E-state index in [4.69, 9.17) is 14.0 Å². The molecule has 136 valence electrons. The van der Waals surface area contributed by atoms with Crippen molar-refractivity contribution in [1.29, 1.82) is 0 Å². The maximum Gasteiger partial charge on any atom is 0.231 e. The van der Waals surface area contributed by atoms with E-state index < -0.39 is 0 Å². The van der Waals surface area contributed by atoms with Crippen LogP contribution in [0.2, 0.25) is 0 Å². The summed E-state index contributed by atoms with van der Waals surface area (Å²) in [6.07, 6.45) is 2.21. The Labute approximate surface area is 156 Å². The van der Waals surface area contributed by atoms with Gasteiger partial charge in [0.1, 0.15) is 11.5 Å². The van der Waals surface area contributed by atoms with E-state index in [0.29, 0.717) is 18.1 Å². The van der Waals surface area contributed by atoms with Gasteiger partial charge in [0.05, 0.1) is 26.3 Å². The maximum absolute atomic E-state index is 5.44. The van der Waals surface area contributed by atoms with Crippen LogP contribution in [0.1, 0.15) is 11.5 Å². The van der Waals surface area contributed by atoms with E-state index in [0.717, 1.165) is 33.9 Å². The third-order valence-electron chi connectivity index (χ3n) is 4.17. The molecule has 7 heteroatoms. The van der Waals surface area contributed by atoms with E-state index in [9.17, 15) is 0 Å². The second-order valence-electron chi connectivity index (χ2n) is 5.96. The summed E-state index contributed by atoms with van der Waals surface area (Å²) in [5.41, 5.74) is 3.78. The largest absolute Gasteiger partial charge is 0.497 e. The third kappa shape index (κ3) is 3.67. The smallest absolute Gasteiger partial charge is 0.231 e. The number of H-pyrrole nitrogens is 1. The van der Waals surface area contributed by atoms with Gasteiger partial charge < -0.3 is 14.0 Å². The number of nitrogens with one attached hydrogen (secondary N) is 1. The Hall–Kier alpha value is -3.61. The molecule has 0 bridgehead atoms. The molecule has 0 aliphatic rings. The van der Waals surface area contributed by atoms with Crippen LogP contribution in [0.4, 0.5) is 0 Å². The zero-order chi connectivity index (χ0) is 18.6. The minimum atomic E-state index is 0.487. The van der Waals surface area contributed by atoms with Crippen molar-refractivity contribution in [2.45, 2.75) is 6.42 Å². The fraction of sp³-hybridized carbons (Fsp3) is 0.150. The highest BCUT2D eigenvalue weighted by Gasteiger charge is 2.12. The van der Waals surface area contributed by atoms with Crippen LogP contribution in [0, 0.1) is 0 Å². The van der Waals surface area contributed by atoms with Gasteiger partial charge in [0.25, 0.3) is 0 Å². The fourth-order valence-corrected chi connectivity index (χ4v) is 2.83. The molecule has 0 atom stereocenters. The molecular weight excluding hydrogens is 344 g/mol. The van der Waals surface area contributed by atoms with E-state index in [1.54, 1.807) is 20.4 Å². The summed E-state index contributed by atoms with van der Waals surface area (Å²) >= 11 is 0. The zero-order valence-electron chi connectivity index (χ0n) is 15.0. The predicted molar refractivity (Wildman–Crippen MR) is 99.7 cm³/mol. The number of methoxy groups -OCH3 is 2. The van der Waals surface area contributed by atoms with Crippen molar-refractivity contribution in [3.8, 4) is 34.1 Å². The SMILES string of the molecule is COc1cc(Cc2nc(-c3cccc(-c4ccn[nH]4)c3)no2)cc(OC)c1. The minimum absolute atomic E-state index is 0.487. The van der Waals surface area contributed by atoms with Gasteiger partial charge in [-0.3, -0.25) is 5.10 Å². The topological polar surface area (TPSA) is 86.1 Å². The number of hydrogen-bond acceptors (Lipinski definition) is 6. The first-order valence-electron chi connectivity index (χ1n) is 8.40. The van der Waals surface area contributed by atoms with Crippen LogP contribution in [0.5, 0.6) is 11.5 Å². The summed E-state index contributed by atoms with van der Waals surface area (Å²) < 4.78 is 16.0. The quantitative estimate of drug-likeness (QED) is 0.562. The Balaban J connectivity index is 1.58. The molecule has 0 radical (unpaired) electrons. The molecule has 2 aromatic carbocycles. The summed E-state index contributed by atoms with van der Waals surface area (Å²) in [6, 6.07) is 15.5. The third-order valence-corrected chi connectivity index (χ3v) is 4.17. The summed E-state index contributed by atoms with van der Waals surface area (Å²) in [4.78, 5) is 4.52. The Morgan fingerprint density at radius 2 is 1.74 bits per heavy atom. The van der Waals surface area contributed by atoms with E-state index in [-0.39, 0.29) is 0 Å². The van der Waals surface area contributed by atoms with Gasteiger partial charge in [0.15, 0.2) is 0 Å². The standard InChI is InChI=1S/C20H18N4O3/c1-25-16-8-13(9-17(12-16)26-2)10-19-22-20(24-27-19)15-5-3-4-14(11-15)18-6-7-21-23-18/h3-9,11-12H,10H2,1-2H3,(H,21,23). The van der Waals surface area contributed by atoms with Gasteiger partial charge in [-0.1, -0.05) is 23.4 Å². The molecule has 0 spiro atoms. The van der Waals surface area contributed by atoms with Gasteiger partial charge in [-0.05, 0) is 29.8 Å². The summed E-state index contributed by atoms with van der Waals surface area (Å²) in [5.74, 6) is 2.50. The average Bonchev–Trinajstić information content (AvgIpc) is 3.40. The molecule has 0 saturated heterocycles. The molecule has 2 heterocycles. The number of aromatic nitrogens is 4. The Morgan fingerprint density at radius 3 is 2.44 bits per heavy atom. The second kappa shape index (κ2) is 7.33. The molecule has 1 N–H and O–H groups in total. The van der Waals surface area contributed by atoms with E-state index in [1.807, 2.05) is 48.5 Å². The second-order valence-corrected chi connectivity index (χ2v) is 5.96. The Bertz CT molecular complexity index is 1020. The molecule has 7 nitrogen and oxygen atoms in total. The van der Waals surface area contributed by atoms with E-state index in [1.165, 1.54) is 0 Å². The molecule has 4 aromatic rings. The molecule has 0 amide bonds. The van der Waals surface area contributed by atoms with Crippen LogP contribution in [-0.4, -0.2) is 34.6 Å². The maximum atomic E-state index is 5.44. The van der Waals surface area contributed by atoms with E-state index in [2.05, 4.69) is 20.3 Å². The highest BCUT2D eigenvalue weighted by Crippen LogP contribution is 2.26. The summed E-state index contributed by atoms with van der Waals surface area (Å²) in [7, 11) is 3.24. The molecule has 0 fully saturated rings. The summed E-state index contributed by atoms with van der Waals surface area (Å²) in [5, 5.41) is 11.1. The normalized spacial score (nSPS) is 10.7. The minimum Gasteiger partial charge on any atom is -0.497 e. The van der Waals surface area contributed by atoms with Gasteiger partial charge in [0, 0.05) is 23.4 Å². The van der Waals surface area contributed by atoms with Crippen molar-refractivity contribution < 1.29 is 14.0 Å². The number of benzene rings is 2. The van der Waals surface area contributed by atoms with Crippen molar-refractivity contribution in [1.82, 2.24) is 20.3 Å². The van der Waals surface area contributed by atoms with Crippen LogP contribution in [0.3, 0.4) is 0 Å². The average molecular weight is 362 g/mol. The van der Waals surface area contributed by atoms with E-state index >= 15 is 0 Å². The van der Waals surface area contributed by atoms with Crippen LogP contribution in [0.25, 0.3) is 22.6 Å². The highest BCUT2D eigenvalue weighted by atomic mass is 16.5. The Morgan fingerprint density at radius 1 is 0.963 bits per heavy atom. The van der Waals surface area contributed by atoms with Crippen molar-refractivity contribution in [2.75, 3.05) is 14.2 Å². The monoisotopic (exact) mass is 362 g/mol. The lowest BCUT2D eigenvalue weighted by atomic mass is 10.1. The van der Waals surface area contributed by atoms with Crippen LogP contribution < -0.4 is 9.47 Å². The van der Waals surface area contributed by atoms with Crippen molar-refractivity contribution in [2.24, 2.45) is 0 Å². The first kappa shape index (κ1) is 16.8. The fourth-order valence-electron chi connectivity index (χ4n) is 2.83. The molecule has 0 aliphatic carbocycles. The molecule has 2 aromatic heterocycles. The van der Waals surface area contributed by atoms with Crippen molar-refractivity contribution in [3.63, 3.8) is 0 Å². The van der Waals surface area contributed by atoms with Crippen LogP contribution in [-0.2, 0) is 6.42 Å². The zero-order valence-corrected chi connectivity index (χ0v) is 15.0. The number of rotatable bonds is 6. The van der Waals surface area contributed by atoms with Crippen LogP contribution >= 0.6 is 0 Å². The van der Waals surface area contributed by atoms with Gasteiger partial charge in [-0.25, -0.2) is 0 Å². The Kier molecular flexibility index (Phi) is 4.57. The van der Waals surface area contributed by atoms with Gasteiger partial charge >= 0.3 is 0 Å². The first-order chi connectivity index (χ1) is 13.2. The number of hydrogen-bond donors (Lipinski definition) is 1. The lowest BCUT2D eigenvalue weighted by Gasteiger charge is -2.06. The highest BCUT2D eigenvalue weighted by molar-refractivity contribution is 5.67. The molecule has 0 unspecified atom stereocenters. The van der Waals surface area contributed by atoms with Crippen molar-refractivity contribution in [3.05, 3.63) is 66.2 Å². The number of ether oxygens (including phenoxy) is 2. The molecule has 27 heavy (non-hydrogen) atoms. The van der Waals surface area contributed by atoms with Gasteiger partial charge in [-0.2, -0.15) is 10.1 Å². The molecule has 0 saturated carbocycles. The van der Waals surface area contributed by atoms with Crippen molar-refractivity contribution >= 4 is 0 Å². The van der Waals surface area contributed by atoms with Gasteiger partial charge in [-0.15, -0.1) is 0 Å². The number of nitrogens with zero attached hydrogens (tertiary/aromatic N) is 3. The predicted octanol–water partition coefficient (Wildman–Crippen LogP) is 3.73. The van der Waals surface area contributed by atoms with Crippen LogP contribution in [0.15, 0.2) is 59.3 Å². The van der Waals surface area contributed by atoms with Gasteiger partial charge in [0.2, 0.25) is 11.7 Å². The first-order valence-corrected chi connectivity index (χ1v) is 8.40. The molecule has 0 aliphatic heterocycles. The lowest BCUT2D eigenvalue weighted by Crippen LogP contribution is -1.93. The number of aromatic amines is 1. The lowest BCUT2D eigenvalue weighted by molar-refractivity contribution is 0.382. The summed E-state index contributed by atoms with van der Waals surface area (Å²) in [6.45, 7) is 0. The molecule has 4 rings (SSSR count).